The van der Waals surface area contributed by atoms with Crippen molar-refractivity contribution in [2.75, 3.05) is 0 Å². The Morgan fingerprint density at radius 2 is 0.826 bits per heavy atom. The molecular formula is C42H24N2O2. The van der Waals surface area contributed by atoms with Gasteiger partial charge in [-0.15, -0.1) is 10.2 Å². The van der Waals surface area contributed by atoms with Gasteiger partial charge in [-0.1, -0.05) is 78.9 Å². The standard InChI is InChI=1S/C42H24N2O2/c1-2-6-26(7-3-1)41-43-44-42(46-41)27-12-10-25(11-13-27)33-20-29-14-16-31-22-34(23-32-17-15-30(21-33)39(29)40(31)32)28-18-19-38-36(24-28)35-8-4-5-9-37(35)45-38/h1-24H. The smallest absolute Gasteiger partial charge is 0.248 e. The molecule has 0 unspecified atom stereocenters. The Morgan fingerprint density at radius 3 is 1.48 bits per heavy atom. The largest absolute Gasteiger partial charge is 0.456 e. The van der Waals surface area contributed by atoms with Crippen LogP contribution < -0.4 is 0 Å². The lowest BCUT2D eigenvalue weighted by Crippen LogP contribution is -1.88. The highest BCUT2D eigenvalue weighted by molar-refractivity contribution is 6.24. The summed E-state index contributed by atoms with van der Waals surface area (Å²) in [4.78, 5) is 0. The first-order chi connectivity index (χ1) is 22.7. The monoisotopic (exact) mass is 588 g/mol. The summed E-state index contributed by atoms with van der Waals surface area (Å²) in [5.41, 5.74) is 8.35. The highest BCUT2D eigenvalue weighted by atomic mass is 16.4. The average Bonchev–Trinajstić information content (AvgIpc) is 3.76. The van der Waals surface area contributed by atoms with Crippen molar-refractivity contribution in [1.29, 1.82) is 0 Å². The number of rotatable bonds is 4. The first-order valence-corrected chi connectivity index (χ1v) is 15.4. The third kappa shape index (κ3) is 3.87. The molecule has 0 radical (unpaired) electrons. The molecule has 10 rings (SSSR count). The van der Waals surface area contributed by atoms with Gasteiger partial charge < -0.3 is 8.83 Å². The van der Waals surface area contributed by atoms with Crippen LogP contribution in [0.1, 0.15) is 0 Å². The van der Waals surface area contributed by atoms with Crippen LogP contribution in [-0.4, -0.2) is 10.2 Å². The average molecular weight is 589 g/mol. The van der Waals surface area contributed by atoms with Crippen molar-refractivity contribution < 1.29 is 8.83 Å². The van der Waals surface area contributed by atoms with E-state index in [1.807, 2.05) is 54.6 Å². The van der Waals surface area contributed by atoms with Gasteiger partial charge in [-0.25, -0.2) is 0 Å². The fourth-order valence-electron chi connectivity index (χ4n) is 6.92. The summed E-state index contributed by atoms with van der Waals surface area (Å²) in [6.07, 6.45) is 0. The fourth-order valence-corrected chi connectivity index (χ4v) is 6.92. The van der Waals surface area contributed by atoms with E-state index in [9.17, 15) is 0 Å². The number of fused-ring (bicyclic) bond motifs is 3. The van der Waals surface area contributed by atoms with E-state index in [2.05, 4.69) is 101 Å². The number of hydrogen-bond acceptors (Lipinski definition) is 4. The van der Waals surface area contributed by atoms with Crippen LogP contribution in [0.2, 0.25) is 0 Å². The van der Waals surface area contributed by atoms with Crippen LogP contribution in [0.15, 0.2) is 154 Å². The molecule has 0 atom stereocenters. The summed E-state index contributed by atoms with van der Waals surface area (Å²) >= 11 is 0. The topological polar surface area (TPSA) is 52.1 Å². The van der Waals surface area contributed by atoms with E-state index in [-0.39, 0.29) is 0 Å². The van der Waals surface area contributed by atoms with E-state index in [0.29, 0.717) is 11.8 Å². The van der Waals surface area contributed by atoms with Crippen molar-refractivity contribution in [2.45, 2.75) is 0 Å². The second kappa shape index (κ2) is 9.62. The summed E-state index contributed by atoms with van der Waals surface area (Å²) in [5.74, 6) is 1.03. The van der Waals surface area contributed by atoms with Crippen LogP contribution in [0, 0.1) is 0 Å². The maximum Gasteiger partial charge on any atom is 0.248 e. The summed E-state index contributed by atoms with van der Waals surface area (Å²) in [7, 11) is 0. The Kier molecular flexibility index (Phi) is 5.25. The van der Waals surface area contributed by atoms with Crippen molar-refractivity contribution in [3.8, 4) is 45.2 Å². The van der Waals surface area contributed by atoms with Crippen LogP contribution in [0.3, 0.4) is 0 Å². The number of aromatic nitrogens is 2. The summed E-state index contributed by atoms with van der Waals surface area (Å²) < 4.78 is 12.1. The Morgan fingerprint density at radius 1 is 0.326 bits per heavy atom. The molecule has 0 aliphatic heterocycles. The predicted molar refractivity (Wildman–Crippen MR) is 187 cm³/mol. The molecule has 4 heteroatoms. The van der Waals surface area contributed by atoms with Crippen molar-refractivity contribution in [2.24, 2.45) is 0 Å². The molecule has 0 bridgehead atoms. The molecule has 8 aromatic carbocycles. The second-order valence-electron chi connectivity index (χ2n) is 11.9. The van der Waals surface area contributed by atoms with Crippen LogP contribution >= 0.6 is 0 Å². The molecule has 0 spiro atoms. The Hall–Kier alpha value is -6.26. The van der Waals surface area contributed by atoms with Gasteiger partial charge in [0.05, 0.1) is 0 Å². The minimum Gasteiger partial charge on any atom is -0.456 e. The maximum absolute atomic E-state index is 6.08. The van der Waals surface area contributed by atoms with Crippen molar-refractivity contribution in [1.82, 2.24) is 10.2 Å². The molecule has 0 aliphatic rings. The van der Waals surface area contributed by atoms with Gasteiger partial charge in [-0.3, -0.25) is 0 Å². The molecule has 0 N–H and O–H groups in total. The SMILES string of the molecule is c1ccc(-c2nnc(-c3ccc(-c4cc5ccc6cc(-c7ccc8oc9ccccc9c8c7)cc7ccc(c4)c5c67)cc3)o2)cc1. The maximum atomic E-state index is 6.08. The Bertz CT molecular complexity index is 2670. The molecule has 0 aliphatic carbocycles. The normalized spacial score (nSPS) is 11.9. The van der Waals surface area contributed by atoms with E-state index in [1.165, 1.54) is 49.0 Å². The zero-order valence-corrected chi connectivity index (χ0v) is 24.6. The summed E-state index contributed by atoms with van der Waals surface area (Å²) in [6.45, 7) is 0. The molecule has 0 fully saturated rings. The molecule has 0 saturated heterocycles. The van der Waals surface area contributed by atoms with Crippen LogP contribution in [-0.2, 0) is 0 Å². The van der Waals surface area contributed by atoms with Gasteiger partial charge in [0.2, 0.25) is 11.8 Å². The minimum atomic E-state index is 0.512. The van der Waals surface area contributed by atoms with Gasteiger partial charge in [-0.05, 0) is 121 Å². The lowest BCUT2D eigenvalue weighted by molar-refractivity contribution is 0.584. The number of para-hydroxylation sites is 1. The minimum absolute atomic E-state index is 0.512. The van der Waals surface area contributed by atoms with Gasteiger partial charge in [0.15, 0.2) is 0 Å². The Balaban J connectivity index is 1.02. The summed E-state index contributed by atoms with van der Waals surface area (Å²) in [6, 6.07) is 51.2. The zero-order chi connectivity index (χ0) is 30.2. The van der Waals surface area contributed by atoms with Gasteiger partial charge >= 0.3 is 0 Å². The highest BCUT2D eigenvalue weighted by Crippen LogP contribution is 2.41. The third-order valence-electron chi connectivity index (χ3n) is 9.15. The molecule has 10 aromatic rings. The molecule has 0 saturated carbocycles. The molecule has 4 nitrogen and oxygen atoms in total. The van der Waals surface area contributed by atoms with E-state index in [1.54, 1.807) is 0 Å². The van der Waals surface area contributed by atoms with Gasteiger partial charge in [0, 0.05) is 21.9 Å². The summed E-state index contributed by atoms with van der Waals surface area (Å²) in [5, 5.41) is 18.4. The van der Waals surface area contributed by atoms with Crippen molar-refractivity contribution >= 4 is 54.3 Å². The molecule has 2 heterocycles. The lowest BCUT2D eigenvalue weighted by Gasteiger charge is -2.14. The molecule has 46 heavy (non-hydrogen) atoms. The van der Waals surface area contributed by atoms with Crippen molar-refractivity contribution in [3.05, 3.63) is 146 Å². The fraction of sp³-hybridized carbons (Fsp3) is 0. The van der Waals surface area contributed by atoms with E-state index >= 15 is 0 Å². The van der Waals surface area contributed by atoms with E-state index in [4.69, 9.17) is 8.83 Å². The lowest BCUT2D eigenvalue weighted by atomic mass is 9.89. The first kappa shape index (κ1) is 25.1. The van der Waals surface area contributed by atoms with Gasteiger partial charge in [0.1, 0.15) is 11.2 Å². The van der Waals surface area contributed by atoms with Crippen LogP contribution in [0.5, 0.6) is 0 Å². The molecular weight excluding hydrogens is 564 g/mol. The van der Waals surface area contributed by atoms with Gasteiger partial charge in [-0.2, -0.15) is 0 Å². The van der Waals surface area contributed by atoms with Gasteiger partial charge in [0.25, 0.3) is 0 Å². The molecule has 214 valence electrons. The van der Waals surface area contributed by atoms with Crippen LogP contribution in [0.4, 0.5) is 0 Å². The van der Waals surface area contributed by atoms with E-state index < -0.39 is 0 Å². The third-order valence-corrected chi connectivity index (χ3v) is 9.15. The van der Waals surface area contributed by atoms with Crippen molar-refractivity contribution in [3.63, 3.8) is 0 Å². The Labute approximate surface area is 263 Å². The van der Waals surface area contributed by atoms with Crippen LogP contribution in [0.25, 0.3) is 99.4 Å². The first-order valence-electron chi connectivity index (χ1n) is 15.4. The molecule has 2 aromatic heterocycles. The quantitative estimate of drug-likeness (QED) is 0.192. The number of benzene rings is 8. The number of nitrogens with zero attached hydrogens (tertiary/aromatic N) is 2. The second-order valence-corrected chi connectivity index (χ2v) is 11.9. The predicted octanol–water partition coefficient (Wildman–Crippen LogP) is 11.5. The number of hydrogen-bond donors (Lipinski definition) is 0. The van der Waals surface area contributed by atoms with E-state index in [0.717, 1.165) is 38.6 Å². The molecule has 0 amide bonds. The zero-order valence-electron chi connectivity index (χ0n) is 24.6. The highest BCUT2D eigenvalue weighted by Gasteiger charge is 2.15. The number of furan rings is 1.